The summed E-state index contributed by atoms with van der Waals surface area (Å²) in [5.74, 6) is 1.80. The Morgan fingerprint density at radius 3 is 2.41 bits per heavy atom. The van der Waals surface area contributed by atoms with Crippen LogP contribution in [-0.2, 0) is 4.79 Å². The van der Waals surface area contributed by atoms with E-state index in [1.807, 2.05) is 44.2 Å². The van der Waals surface area contributed by atoms with Gasteiger partial charge in [0.25, 0.3) is 0 Å². The third-order valence-electron chi connectivity index (χ3n) is 4.06. The molecule has 0 bridgehead atoms. The standard InChI is InChI=1S/C23H29NO3/c1-16(2)10-11-27-21-8-6-19(15-22(21)26-5)7-9-23(25)24-20-13-17(3)12-18(4)14-20/h6-9,12-16H,10-11H2,1-5H3,(H,24,25). The zero-order valence-electron chi connectivity index (χ0n) is 16.8. The molecule has 0 atom stereocenters. The van der Waals surface area contributed by atoms with E-state index in [0.29, 0.717) is 18.3 Å². The molecule has 0 aliphatic carbocycles. The lowest BCUT2D eigenvalue weighted by Gasteiger charge is -2.12. The molecule has 2 aromatic rings. The van der Waals surface area contributed by atoms with Gasteiger partial charge in [-0.05, 0) is 73.2 Å². The number of aryl methyl sites for hydroxylation is 2. The Labute approximate surface area is 162 Å². The van der Waals surface area contributed by atoms with Crippen molar-refractivity contribution in [2.24, 2.45) is 5.92 Å². The number of rotatable bonds is 8. The van der Waals surface area contributed by atoms with Crippen molar-refractivity contribution >= 4 is 17.7 Å². The van der Waals surface area contributed by atoms with Crippen molar-refractivity contribution in [1.29, 1.82) is 0 Å². The predicted molar refractivity (Wildman–Crippen MR) is 112 cm³/mol. The van der Waals surface area contributed by atoms with Crippen LogP contribution in [0, 0.1) is 19.8 Å². The maximum absolute atomic E-state index is 12.2. The number of benzene rings is 2. The summed E-state index contributed by atoms with van der Waals surface area (Å²) >= 11 is 0. The van der Waals surface area contributed by atoms with Crippen LogP contribution < -0.4 is 14.8 Å². The highest BCUT2D eigenvalue weighted by Gasteiger charge is 2.06. The van der Waals surface area contributed by atoms with Gasteiger partial charge in [0.05, 0.1) is 13.7 Å². The summed E-state index contributed by atoms with van der Waals surface area (Å²) in [5, 5.41) is 2.89. The molecule has 4 heteroatoms. The molecule has 0 radical (unpaired) electrons. The number of nitrogens with one attached hydrogen (secondary N) is 1. The minimum atomic E-state index is -0.170. The van der Waals surface area contributed by atoms with E-state index in [-0.39, 0.29) is 5.91 Å². The fraction of sp³-hybridized carbons (Fsp3) is 0.348. The van der Waals surface area contributed by atoms with Gasteiger partial charge in [0, 0.05) is 11.8 Å². The van der Waals surface area contributed by atoms with Crippen LogP contribution in [-0.4, -0.2) is 19.6 Å². The maximum Gasteiger partial charge on any atom is 0.248 e. The summed E-state index contributed by atoms with van der Waals surface area (Å²) in [4.78, 5) is 12.2. The van der Waals surface area contributed by atoms with Crippen molar-refractivity contribution in [3.05, 3.63) is 59.2 Å². The second kappa shape index (κ2) is 9.81. The van der Waals surface area contributed by atoms with Gasteiger partial charge in [0.2, 0.25) is 5.91 Å². The topological polar surface area (TPSA) is 47.6 Å². The average molecular weight is 367 g/mol. The fourth-order valence-corrected chi connectivity index (χ4v) is 2.71. The third kappa shape index (κ3) is 6.81. The van der Waals surface area contributed by atoms with Crippen molar-refractivity contribution in [2.75, 3.05) is 19.0 Å². The van der Waals surface area contributed by atoms with Crippen LogP contribution in [0.5, 0.6) is 11.5 Å². The van der Waals surface area contributed by atoms with Crippen molar-refractivity contribution < 1.29 is 14.3 Å². The Hall–Kier alpha value is -2.75. The van der Waals surface area contributed by atoms with Gasteiger partial charge in [0.1, 0.15) is 0 Å². The average Bonchev–Trinajstić information content (AvgIpc) is 2.59. The highest BCUT2D eigenvalue weighted by atomic mass is 16.5. The van der Waals surface area contributed by atoms with Crippen LogP contribution in [0.15, 0.2) is 42.5 Å². The molecule has 0 aliphatic heterocycles. The highest BCUT2D eigenvalue weighted by molar-refractivity contribution is 6.02. The lowest BCUT2D eigenvalue weighted by atomic mass is 10.1. The lowest BCUT2D eigenvalue weighted by molar-refractivity contribution is -0.111. The lowest BCUT2D eigenvalue weighted by Crippen LogP contribution is -2.08. The smallest absolute Gasteiger partial charge is 0.248 e. The van der Waals surface area contributed by atoms with Crippen molar-refractivity contribution in [3.63, 3.8) is 0 Å². The van der Waals surface area contributed by atoms with E-state index in [1.165, 1.54) is 6.08 Å². The van der Waals surface area contributed by atoms with E-state index in [9.17, 15) is 4.79 Å². The molecule has 1 N–H and O–H groups in total. The second-order valence-corrected chi connectivity index (χ2v) is 7.14. The van der Waals surface area contributed by atoms with Gasteiger partial charge in [-0.1, -0.05) is 26.0 Å². The number of ether oxygens (including phenoxy) is 2. The van der Waals surface area contributed by atoms with Gasteiger partial charge >= 0.3 is 0 Å². The van der Waals surface area contributed by atoms with Gasteiger partial charge < -0.3 is 14.8 Å². The van der Waals surface area contributed by atoms with Crippen molar-refractivity contribution in [3.8, 4) is 11.5 Å². The summed E-state index contributed by atoms with van der Waals surface area (Å²) in [6, 6.07) is 11.6. The Morgan fingerprint density at radius 2 is 1.78 bits per heavy atom. The van der Waals surface area contributed by atoms with E-state index < -0.39 is 0 Å². The van der Waals surface area contributed by atoms with Gasteiger partial charge in [-0.3, -0.25) is 4.79 Å². The predicted octanol–water partition coefficient (Wildman–Crippen LogP) is 5.39. The Kier molecular flexibility index (Phi) is 7.47. The fourth-order valence-electron chi connectivity index (χ4n) is 2.71. The minimum absolute atomic E-state index is 0.170. The molecule has 4 nitrogen and oxygen atoms in total. The van der Waals surface area contributed by atoms with Crippen LogP contribution >= 0.6 is 0 Å². The van der Waals surface area contributed by atoms with Crippen LogP contribution in [0.1, 0.15) is 37.0 Å². The number of carbonyl (C=O) groups is 1. The quantitative estimate of drug-likeness (QED) is 0.637. The number of amides is 1. The SMILES string of the molecule is COc1cc(C=CC(=O)Nc2cc(C)cc(C)c2)ccc1OCCC(C)C. The van der Waals surface area contributed by atoms with E-state index >= 15 is 0 Å². The first-order chi connectivity index (χ1) is 12.9. The van der Waals surface area contributed by atoms with Crippen LogP contribution in [0.25, 0.3) is 6.08 Å². The van der Waals surface area contributed by atoms with Crippen molar-refractivity contribution in [1.82, 2.24) is 0 Å². The van der Waals surface area contributed by atoms with E-state index in [1.54, 1.807) is 13.2 Å². The molecule has 0 spiro atoms. The number of hydrogen-bond donors (Lipinski definition) is 1. The normalized spacial score (nSPS) is 11.0. The number of hydrogen-bond acceptors (Lipinski definition) is 3. The van der Waals surface area contributed by atoms with Crippen LogP contribution in [0.3, 0.4) is 0 Å². The largest absolute Gasteiger partial charge is 0.493 e. The Bertz CT molecular complexity index is 789. The monoisotopic (exact) mass is 367 g/mol. The van der Waals surface area contributed by atoms with Gasteiger partial charge in [-0.2, -0.15) is 0 Å². The summed E-state index contributed by atoms with van der Waals surface area (Å²) in [5.41, 5.74) is 3.91. The molecular weight excluding hydrogens is 338 g/mol. The molecule has 0 saturated heterocycles. The van der Waals surface area contributed by atoms with Gasteiger partial charge in [-0.25, -0.2) is 0 Å². The highest BCUT2D eigenvalue weighted by Crippen LogP contribution is 2.29. The minimum Gasteiger partial charge on any atom is -0.493 e. The zero-order chi connectivity index (χ0) is 19.8. The first kappa shape index (κ1) is 20.6. The molecule has 0 fully saturated rings. The molecule has 2 rings (SSSR count). The van der Waals surface area contributed by atoms with Crippen LogP contribution in [0.4, 0.5) is 5.69 Å². The Balaban J connectivity index is 2.01. The van der Waals surface area contributed by atoms with E-state index in [0.717, 1.165) is 34.5 Å². The first-order valence-corrected chi connectivity index (χ1v) is 9.25. The summed E-state index contributed by atoms with van der Waals surface area (Å²) in [6.45, 7) is 9.00. The number of carbonyl (C=O) groups excluding carboxylic acids is 1. The molecule has 0 unspecified atom stereocenters. The molecule has 0 aliphatic rings. The third-order valence-corrected chi connectivity index (χ3v) is 4.06. The molecule has 0 aromatic heterocycles. The second-order valence-electron chi connectivity index (χ2n) is 7.14. The first-order valence-electron chi connectivity index (χ1n) is 9.25. The molecule has 2 aromatic carbocycles. The zero-order valence-corrected chi connectivity index (χ0v) is 16.8. The van der Waals surface area contributed by atoms with E-state index in [4.69, 9.17) is 9.47 Å². The van der Waals surface area contributed by atoms with Gasteiger partial charge in [-0.15, -0.1) is 0 Å². The summed E-state index contributed by atoms with van der Waals surface area (Å²) < 4.78 is 11.2. The maximum atomic E-state index is 12.2. The molecular formula is C23H29NO3. The molecule has 1 amide bonds. The van der Waals surface area contributed by atoms with Crippen molar-refractivity contribution in [2.45, 2.75) is 34.1 Å². The molecule has 0 heterocycles. The molecule has 27 heavy (non-hydrogen) atoms. The van der Waals surface area contributed by atoms with Crippen LogP contribution in [0.2, 0.25) is 0 Å². The van der Waals surface area contributed by atoms with E-state index in [2.05, 4.69) is 25.2 Å². The molecule has 0 saturated carbocycles. The van der Waals surface area contributed by atoms with Gasteiger partial charge in [0.15, 0.2) is 11.5 Å². The number of anilines is 1. The Morgan fingerprint density at radius 1 is 1.07 bits per heavy atom. The summed E-state index contributed by atoms with van der Waals surface area (Å²) in [7, 11) is 1.62. The molecule has 144 valence electrons. The number of methoxy groups -OCH3 is 1. The summed E-state index contributed by atoms with van der Waals surface area (Å²) in [6.07, 6.45) is 4.27.